The fourth-order valence-electron chi connectivity index (χ4n) is 1.90. The number of nitrogens with one attached hydrogen (secondary N) is 1. The predicted molar refractivity (Wildman–Crippen MR) is 64.6 cm³/mol. The molecule has 0 aliphatic heterocycles. The van der Waals surface area contributed by atoms with Crippen LogP contribution in [0.25, 0.3) is 0 Å². The Bertz CT molecular complexity index is 474. The Morgan fingerprint density at radius 1 is 1.53 bits per heavy atom. The fourth-order valence-corrected chi connectivity index (χ4v) is 1.90. The number of furan rings is 1. The third kappa shape index (κ3) is 2.94. The lowest BCUT2D eigenvalue weighted by atomic mass is 10.1. The first-order valence-electron chi connectivity index (χ1n) is 5.82. The van der Waals surface area contributed by atoms with Gasteiger partial charge in [-0.15, -0.1) is 5.10 Å². The molecule has 2 aromatic rings. The average molecular weight is 234 g/mol. The maximum Gasteiger partial charge on any atom is 0.101 e. The van der Waals surface area contributed by atoms with Crippen LogP contribution in [0.5, 0.6) is 0 Å². The van der Waals surface area contributed by atoms with E-state index in [9.17, 15) is 0 Å². The van der Waals surface area contributed by atoms with Crippen molar-refractivity contribution in [2.75, 3.05) is 6.54 Å². The molecule has 0 amide bonds. The van der Waals surface area contributed by atoms with Gasteiger partial charge in [0.2, 0.25) is 0 Å². The zero-order chi connectivity index (χ0) is 12.3. The number of aryl methyl sites for hydroxylation is 2. The van der Waals surface area contributed by atoms with E-state index in [0.29, 0.717) is 0 Å². The van der Waals surface area contributed by atoms with Crippen LogP contribution >= 0.6 is 0 Å². The summed E-state index contributed by atoms with van der Waals surface area (Å²) in [5.74, 6) is 0.932. The lowest BCUT2D eigenvalue weighted by Gasteiger charge is -2.14. The molecule has 0 bridgehead atoms. The molecule has 0 saturated carbocycles. The van der Waals surface area contributed by atoms with Crippen LogP contribution < -0.4 is 5.32 Å². The van der Waals surface area contributed by atoms with Gasteiger partial charge in [0.1, 0.15) is 5.76 Å². The summed E-state index contributed by atoms with van der Waals surface area (Å²) in [5, 5.41) is 11.5. The van der Waals surface area contributed by atoms with Crippen LogP contribution in [0.1, 0.15) is 30.0 Å². The molecule has 0 fully saturated rings. The van der Waals surface area contributed by atoms with Gasteiger partial charge in [0.05, 0.1) is 12.0 Å². The minimum Gasteiger partial charge on any atom is -0.469 e. The zero-order valence-electron chi connectivity index (χ0n) is 10.5. The normalized spacial score (nSPS) is 12.9. The van der Waals surface area contributed by atoms with Gasteiger partial charge in [0.15, 0.2) is 0 Å². The fraction of sp³-hybridized carbons (Fsp3) is 0.500. The highest BCUT2D eigenvalue weighted by molar-refractivity contribution is 5.18. The highest BCUT2D eigenvalue weighted by Gasteiger charge is 2.15. The van der Waals surface area contributed by atoms with Gasteiger partial charge in [-0.2, -0.15) is 0 Å². The van der Waals surface area contributed by atoms with Gasteiger partial charge >= 0.3 is 0 Å². The minimum absolute atomic E-state index is 0.231. The maximum atomic E-state index is 5.35. The van der Waals surface area contributed by atoms with Gasteiger partial charge in [-0.05, 0) is 19.5 Å². The Morgan fingerprint density at radius 2 is 2.35 bits per heavy atom. The van der Waals surface area contributed by atoms with Crippen molar-refractivity contribution in [3.8, 4) is 0 Å². The molecule has 1 N–H and O–H groups in total. The van der Waals surface area contributed by atoms with Crippen molar-refractivity contribution in [1.29, 1.82) is 0 Å². The molecule has 1 unspecified atom stereocenters. The molecule has 0 spiro atoms. The van der Waals surface area contributed by atoms with Crippen LogP contribution in [0.2, 0.25) is 0 Å². The summed E-state index contributed by atoms with van der Waals surface area (Å²) in [7, 11) is 1.88. The number of hydrogen-bond acceptors (Lipinski definition) is 4. The molecule has 2 rings (SSSR count). The van der Waals surface area contributed by atoms with E-state index in [1.807, 2.05) is 20.2 Å². The molecule has 2 aromatic heterocycles. The van der Waals surface area contributed by atoms with Gasteiger partial charge in [0, 0.05) is 31.3 Å². The van der Waals surface area contributed by atoms with Gasteiger partial charge in [-0.3, -0.25) is 4.68 Å². The number of rotatable bonds is 5. The lowest BCUT2D eigenvalue weighted by molar-refractivity contribution is 0.509. The van der Waals surface area contributed by atoms with Crippen molar-refractivity contribution in [3.63, 3.8) is 0 Å². The summed E-state index contributed by atoms with van der Waals surface area (Å²) in [6, 6.07) is 2.29. The molecule has 2 heterocycles. The molecule has 1 atom stereocenters. The van der Waals surface area contributed by atoms with Crippen LogP contribution in [0, 0.1) is 6.92 Å². The molecular formula is C12H18N4O. The quantitative estimate of drug-likeness (QED) is 0.854. The summed E-state index contributed by atoms with van der Waals surface area (Å²) in [4.78, 5) is 0. The van der Waals surface area contributed by atoms with Crippen molar-refractivity contribution in [3.05, 3.63) is 35.5 Å². The topological polar surface area (TPSA) is 55.9 Å². The van der Waals surface area contributed by atoms with E-state index in [1.54, 1.807) is 10.9 Å². The van der Waals surface area contributed by atoms with E-state index in [2.05, 4.69) is 28.6 Å². The molecule has 0 radical (unpaired) electrons. The molecule has 5 heteroatoms. The van der Waals surface area contributed by atoms with Gasteiger partial charge < -0.3 is 9.73 Å². The second-order valence-electron chi connectivity index (χ2n) is 4.19. The second kappa shape index (κ2) is 5.14. The molecule has 17 heavy (non-hydrogen) atoms. The summed E-state index contributed by atoms with van der Waals surface area (Å²) in [6.07, 6.45) is 4.57. The molecule has 0 saturated heterocycles. The number of aromatic nitrogens is 3. The van der Waals surface area contributed by atoms with E-state index in [1.165, 1.54) is 0 Å². The largest absolute Gasteiger partial charge is 0.469 e. The molecule has 0 aliphatic carbocycles. The van der Waals surface area contributed by atoms with Crippen molar-refractivity contribution in [2.45, 2.75) is 26.3 Å². The Kier molecular flexibility index (Phi) is 3.58. The number of nitrogens with zero attached hydrogens (tertiary/aromatic N) is 3. The molecule has 0 aliphatic rings. The Hall–Kier alpha value is -1.62. The van der Waals surface area contributed by atoms with Gasteiger partial charge in [-0.1, -0.05) is 12.1 Å². The summed E-state index contributed by atoms with van der Waals surface area (Å²) < 4.78 is 7.07. The van der Waals surface area contributed by atoms with E-state index >= 15 is 0 Å². The second-order valence-corrected chi connectivity index (χ2v) is 4.19. The van der Waals surface area contributed by atoms with E-state index in [4.69, 9.17) is 4.42 Å². The molecular weight excluding hydrogens is 216 g/mol. The van der Waals surface area contributed by atoms with Crippen molar-refractivity contribution in [1.82, 2.24) is 20.3 Å². The monoisotopic (exact) mass is 234 g/mol. The minimum atomic E-state index is 0.231. The standard InChI is InChI=1S/C12H18N4O/c1-4-13-12(10-5-9(2)17-8-10)6-11-7-16(3)15-14-11/h5,7-8,12-13H,4,6H2,1-3H3. The highest BCUT2D eigenvalue weighted by atomic mass is 16.3. The molecule has 92 valence electrons. The van der Waals surface area contributed by atoms with Crippen molar-refractivity contribution < 1.29 is 4.42 Å². The summed E-state index contributed by atoms with van der Waals surface area (Å²) in [5.41, 5.74) is 2.15. The zero-order valence-corrected chi connectivity index (χ0v) is 10.5. The van der Waals surface area contributed by atoms with Crippen LogP contribution in [0.15, 0.2) is 22.9 Å². The van der Waals surface area contributed by atoms with E-state index < -0.39 is 0 Å². The SMILES string of the molecule is CCNC(Cc1cn(C)nn1)c1coc(C)c1. The third-order valence-electron chi connectivity index (χ3n) is 2.67. The van der Waals surface area contributed by atoms with Crippen LogP contribution in [-0.4, -0.2) is 21.5 Å². The Labute approximate surface area is 101 Å². The lowest BCUT2D eigenvalue weighted by Crippen LogP contribution is -2.22. The summed E-state index contributed by atoms with van der Waals surface area (Å²) in [6.45, 7) is 4.96. The maximum absolute atomic E-state index is 5.35. The Morgan fingerprint density at radius 3 is 2.88 bits per heavy atom. The predicted octanol–water partition coefficient (Wildman–Crippen LogP) is 1.61. The number of hydrogen-bond donors (Lipinski definition) is 1. The summed E-state index contributed by atoms with van der Waals surface area (Å²) >= 11 is 0. The molecule has 5 nitrogen and oxygen atoms in total. The smallest absolute Gasteiger partial charge is 0.101 e. The van der Waals surface area contributed by atoms with Crippen LogP contribution in [0.4, 0.5) is 0 Å². The number of likely N-dealkylation sites (N-methyl/N-ethyl adjacent to an activating group) is 1. The first-order chi connectivity index (χ1) is 8.19. The average Bonchev–Trinajstić information content (AvgIpc) is 2.87. The first kappa shape index (κ1) is 11.9. The van der Waals surface area contributed by atoms with Crippen molar-refractivity contribution >= 4 is 0 Å². The third-order valence-corrected chi connectivity index (χ3v) is 2.67. The highest BCUT2D eigenvalue weighted by Crippen LogP contribution is 2.19. The van der Waals surface area contributed by atoms with Crippen molar-refractivity contribution in [2.24, 2.45) is 7.05 Å². The Balaban J connectivity index is 2.12. The van der Waals surface area contributed by atoms with Gasteiger partial charge in [-0.25, -0.2) is 0 Å². The van der Waals surface area contributed by atoms with Gasteiger partial charge in [0.25, 0.3) is 0 Å². The molecule has 0 aromatic carbocycles. The van der Waals surface area contributed by atoms with E-state index in [0.717, 1.165) is 30.0 Å². The van der Waals surface area contributed by atoms with E-state index in [-0.39, 0.29) is 6.04 Å². The first-order valence-corrected chi connectivity index (χ1v) is 5.82. The van der Waals surface area contributed by atoms with Crippen LogP contribution in [-0.2, 0) is 13.5 Å². The van der Waals surface area contributed by atoms with Crippen LogP contribution in [0.3, 0.4) is 0 Å².